The number of nitrogens with zero attached hydrogens (tertiary/aromatic N) is 6. The van der Waals surface area contributed by atoms with Crippen LogP contribution in [0.1, 0.15) is 33.1 Å². The van der Waals surface area contributed by atoms with Crippen molar-refractivity contribution >= 4 is 5.91 Å². The predicted molar refractivity (Wildman–Crippen MR) is 162 cm³/mol. The summed E-state index contributed by atoms with van der Waals surface area (Å²) in [7, 11) is 1.50. The van der Waals surface area contributed by atoms with Crippen molar-refractivity contribution in [1.82, 2.24) is 25.1 Å². The van der Waals surface area contributed by atoms with Crippen molar-refractivity contribution in [3.8, 4) is 0 Å². The maximum atomic E-state index is 13.7. The average Bonchev–Trinajstić information content (AvgIpc) is 3.07. The minimum absolute atomic E-state index is 0. The maximum absolute atomic E-state index is 13.7. The summed E-state index contributed by atoms with van der Waals surface area (Å²) < 4.78 is 9.13. The second-order valence-corrected chi connectivity index (χ2v) is 11.4. The van der Waals surface area contributed by atoms with E-state index >= 15 is 0 Å². The van der Waals surface area contributed by atoms with Gasteiger partial charge in [0.2, 0.25) is 5.91 Å². The first-order valence-corrected chi connectivity index (χ1v) is 15.1. The van der Waals surface area contributed by atoms with Crippen molar-refractivity contribution in [2.45, 2.75) is 25.3 Å². The molecule has 234 valence electrons. The second kappa shape index (κ2) is 17.3. The first kappa shape index (κ1) is 36.7. The van der Waals surface area contributed by atoms with E-state index in [9.17, 15) is 15.0 Å². The van der Waals surface area contributed by atoms with E-state index in [0.717, 1.165) is 34.9 Å². The van der Waals surface area contributed by atoms with Gasteiger partial charge in [-0.2, -0.15) is 0 Å². The number of aliphatic hydroxyl groups excluding tert-OH is 1. The van der Waals surface area contributed by atoms with E-state index in [1.807, 2.05) is 59.2 Å². The van der Waals surface area contributed by atoms with Gasteiger partial charge in [-0.3, -0.25) is 23.9 Å². The van der Waals surface area contributed by atoms with Crippen LogP contribution in [0.15, 0.2) is 91.5 Å². The van der Waals surface area contributed by atoms with Gasteiger partial charge < -0.3 is 30.1 Å². The number of carbonyl (C=O) groups excluding carboxylic acids is 1. The molecule has 6 rings (SSSR count). The minimum atomic E-state index is -0.842. The third-order valence-corrected chi connectivity index (χ3v) is 8.04. The molecule has 2 unspecified atom stereocenters. The number of rotatable bonds is 11. The third-order valence-electron chi connectivity index (χ3n) is 8.04. The molecule has 2 N–H and O–H groups in total. The Kier molecular flexibility index (Phi) is 13.5. The average molecular weight is 740 g/mol. The van der Waals surface area contributed by atoms with E-state index in [0.29, 0.717) is 44.8 Å². The molecule has 47 heavy (non-hydrogen) atoms. The molecule has 0 aromatic carbocycles. The van der Waals surface area contributed by atoms with Crippen LogP contribution in [0.3, 0.4) is 0 Å². The molecule has 0 radical (unpaired) electrons. The molecule has 4 aromatic heterocycles. The molecule has 0 spiro atoms. The van der Waals surface area contributed by atoms with E-state index in [1.54, 1.807) is 24.7 Å². The zero-order valence-corrected chi connectivity index (χ0v) is 32.7. The van der Waals surface area contributed by atoms with Gasteiger partial charge in [0.1, 0.15) is 29.7 Å². The Balaban J connectivity index is 0.00000250. The zero-order chi connectivity index (χ0) is 31.2. The largest absolute Gasteiger partial charge is 2.00 e. The van der Waals surface area contributed by atoms with Crippen molar-refractivity contribution in [3.63, 3.8) is 0 Å². The standard InChI is InChI=1S/C34H38N7O4.2Zn/c1-45-24-28(42)16-37-34(44)25-11-12-27-19-39(23-33(41(27)17-25)31-10-3-6-14-36-31)21-29(43)20-38-18-26-8-4-7-15-40(26)32(22-38)30-9-2-5-13-35-30;;/h2-15,17,28-29,42H,16,18-24H2,1H3,(H,37,44);;/q-1;2*+2. The molecule has 13 heteroatoms. The topological polar surface area (TPSA) is 122 Å². The Labute approximate surface area is 301 Å². The maximum Gasteiger partial charge on any atom is 2.00 e. The van der Waals surface area contributed by atoms with Crippen molar-refractivity contribution in [3.05, 3.63) is 132 Å². The molecule has 2 aliphatic heterocycles. The Hall–Kier alpha value is -3.14. The van der Waals surface area contributed by atoms with Crippen LogP contribution < -0.4 is 19.6 Å². The van der Waals surface area contributed by atoms with E-state index in [4.69, 9.17) is 4.74 Å². The van der Waals surface area contributed by atoms with Crippen LogP contribution in [0.4, 0.5) is 0 Å². The number of methoxy groups -OCH3 is 1. The van der Waals surface area contributed by atoms with Crippen LogP contribution in [-0.4, -0.2) is 89.4 Å². The van der Waals surface area contributed by atoms with Gasteiger partial charge in [0.05, 0.1) is 24.5 Å². The van der Waals surface area contributed by atoms with Crippen LogP contribution in [0.2, 0.25) is 0 Å². The van der Waals surface area contributed by atoms with Crippen LogP contribution in [0.5, 0.6) is 0 Å². The molecular formula is C34H38N7O4Zn2+3. The van der Waals surface area contributed by atoms with Crippen LogP contribution in [0, 0.1) is 12.1 Å². The van der Waals surface area contributed by atoms with E-state index < -0.39 is 12.2 Å². The van der Waals surface area contributed by atoms with E-state index in [1.165, 1.54) is 7.11 Å². The van der Waals surface area contributed by atoms with Crippen molar-refractivity contribution in [2.24, 2.45) is 0 Å². The van der Waals surface area contributed by atoms with Gasteiger partial charge in [0, 0.05) is 63.6 Å². The predicted octanol–water partition coefficient (Wildman–Crippen LogP) is -0.299. The van der Waals surface area contributed by atoms with Crippen LogP contribution in [-0.2, 0) is 56.8 Å². The summed E-state index contributed by atoms with van der Waals surface area (Å²) >= 11 is 0. The van der Waals surface area contributed by atoms with Crippen molar-refractivity contribution in [1.29, 1.82) is 0 Å². The van der Waals surface area contributed by atoms with Gasteiger partial charge in [0.15, 0.2) is 0 Å². The fourth-order valence-corrected chi connectivity index (χ4v) is 5.99. The van der Waals surface area contributed by atoms with Crippen molar-refractivity contribution < 1.29 is 67.8 Å². The summed E-state index contributed by atoms with van der Waals surface area (Å²) in [5.41, 5.74) is 4.23. The number of ether oxygens (including phenoxy) is 1. The fourth-order valence-electron chi connectivity index (χ4n) is 5.99. The number of aromatic nitrogens is 4. The van der Waals surface area contributed by atoms with Gasteiger partial charge in [-0.1, -0.05) is 36.4 Å². The summed E-state index contributed by atoms with van der Waals surface area (Å²) in [5, 5.41) is 26.4. The van der Waals surface area contributed by atoms with Gasteiger partial charge in [-0.25, -0.2) is 0 Å². The normalized spacial score (nSPS) is 15.8. The molecule has 4 aromatic rings. The minimum Gasteiger partial charge on any atom is -0.850 e. The van der Waals surface area contributed by atoms with Gasteiger partial charge in [-0.05, 0) is 31.3 Å². The number of nitrogens with one attached hydrogen (secondary N) is 1. The summed E-state index contributed by atoms with van der Waals surface area (Å²) in [5.74, 6) is -0.286. The molecule has 0 aliphatic carbocycles. The number of carbonyl (C=O) groups is 1. The molecule has 2 aliphatic rings. The quantitative estimate of drug-likeness (QED) is 0.122. The van der Waals surface area contributed by atoms with Gasteiger partial charge >= 0.3 is 39.0 Å². The number of pyridine rings is 4. The Morgan fingerprint density at radius 3 is 2.11 bits per heavy atom. The number of amides is 1. The Morgan fingerprint density at radius 2 is 1.51 bits per heavy atom. The number of aliphatic hydroxyl groups is 1. The molecule has 11 nitrogen and oxygen atoms in total. The molecule has 0 fully saturated rings. The summed E-state index contributed by atoms with van der Waals surface area (Å²) in [6.45, 7) is 3.38. The Morgan fingerprint density at radius 1 is 0.915 bits per heavy atom. The van der Waals surface area contributed by atoms with Crippen molar-refractivity contribution in [2.75, 3.05) is 46.4 Å². The summed E-state index contributed by atoms with van der Waals surface area (Å²) in [6.07, 6.45) is 5.78. The molecule has 0 saturated heterocycles. The molecule has 1 amide bonds. The first-order valence-electron chi connectivity index (χ1n) is 15.1. The second-order valence-electron chi connectivity index (χ2n) is 11.4. The number of fused-ring (bicyclic) bond motifs is 2. The molecule has 6 heterocycles. The zero-order valence-electron chi connectivity index (χ0n) is 26.7. The molecule has 2 atom stereocenters. The van der Waals surface area contributed by atoms with E-state index in [2.05, 4.69) is 41.9 Å². The molecule has 0 bridgehead atoms. The van der Waals surface area contributed by atoms with Crippen LogP contribution >= 0.6 is 0 Å². The molecular weight excluding hydrogens is 701 g/mol. The fraction of sp³-hybridized carbons (Fsp3) is 0.324. The SMILES string of the molecule is COCC(O)CNC(=O)c1ccc2[n+](c1)[C-](c1ccccn1)CN(CC([O-])CN1Cc3cccc[n+]3[C-](c3ccccn3)C1)C2.[Zn+2].[Zn+2]. The van der Waals surface area contributed by atoms with Crippen LogP contribution in [0.25, 0.3) is 0 Å². The number of hydrogen-bond donors (Lipinski definition) is 2. The first-order chi connectivity index (χ1) is 22.0. The number of hydrogen-bond acceptors (Lipinski definition) is 8. The van der Waals surface area contributed by atoms with Gasteiger partial charge in [-0.15, -0.1) is 18.2 Å². The third kappa shape index (κ3) is 9.06. The Bertz CT molecular complexity index is 1590. The monoisotopic (exact) mass is 736 g/mol. The van der Waals surface area contributed by atoms with Gasteiger partial charge in [0.25, 0.3) is 0 Å². The molecule has 0 saturated carbocycles. The summed E-state index contributed by atoms with van der Waals surface area (Å²) in [6, 6.07) is 23.4. The summed E-state index contributed by atoms with van der Waals surface area (Å²) in [4.78, 5) is 26.5. The van der Waals surface area contributed by atoms with E-state index in [-0.39, 0.29) is 58.0 Å². The smallest absolute Gasteiger partial charge is 0.850 e.